The van der Waals surface area contributed by atoms with Gasteiger partial charge in [0, 0.05) is 19.2 Å². The SMILES string of the molecule is COCc1nc(Cl)cc(NCC(=O)NC(C)C)n1. The fraction of sp³-hybridized carbons (Fsp3) is 0.545. The number of amides is 1. The van der Waals surface area contributed by atoms with E-state index in [2.05, 4.69) is 20.6 Å². The zero-order valence-electron chi connectivity index (χ0n) is 10.7. The molecule has 0 fully saturated rings. The second kappa shape index (κ2) is 7.13. The summed E-state index contributed by atoms with van der Waals surface area (Å²) in [5.41, 5.74) is 0. The van der Waals surface area contributed by atoms with Crippen molar-refractivity contribution in [2.45, 2.75) is 26.5 Å². The minimum Gasteiger partial charge on any atom is -0.377 e. The van der Waals surface area contributed by atoms with Gasteiger partial charge in [-0.2, -0.15) is 0 Å². The van der Waals surface area contributed by atoms with Crippen molar-refractivity contribution in [3.63, 3.8) is 0 Å². The molecule has 1 rings (SSSR count). The van der Waals surface area contributed by atoms with Crippen LogP contribution in [0.3, 0.4) is 0 Å². The van der Waals surface area contributed by atoms with Crippen molar-refractivity contribution in [1.82, 2.24) is 15.3 Å². The standard InChI is InChI=1S/C11H17ClN4O2/c1-7(2)14-11(17)5-13-9-4-8(12)15-10(16-9)6-18-3/h4,7H,5-6H2,1-3H3,(H,14,17)(H,13,15,16). The molecule has 1 aromatic heterocycles. The van der Waals surface area contributed by atoms with Gasteiger partial charge in [0.05, 0.1) is 6.54 Å². The van der Waals surface area contributed by atoms with E-state index in [1.807, 2.05) is 13.8 Å². The van der Waals surface area contributed by atoms with Gasteiger partial charge in [-0.3, -0.25) is 4.79 Å². The first-order chi connectivity index (χ1) is 8.51. The highest BCUT2D eigenvalue weighted by atomic mass is 35.5. The lowest BCUT2D eigenvalue weighted by Gasteiger charge is -2.10. The minimum absolute atomic E-state index is 0.104. The van der Waals surface area contributed by atoms with Gasteiger partial charge < -0.3 is 15.4 Å². The number of nitrogens with one attached hydrogen (secondary N) is 2. The van der Waals surface area contributed by atoms with Crippen LogP contribution < -0.4 is 10.6 Å². The van der Waals surface area contributed by atoms with Crippen LogP contribution >= 0.6 is 11.6 Å². The van der Waals surface area contributed by atoms with Gasteiger partial charge in [0.25, 0.3) is 0 Å². The Bertz CT molecular complexity index is 412. The highest BCUT2D eigenvalue weighted by molar-refractivity contribution is 6.29. The number of nitrogens with zero attached hydrogens (tertiary/aromatic N) is 2. The van der Waals surface area contributed by atoms with E-state index in [1.54, 1.807) is 13.2 Å². The fourth-order valence-electron chi connectivity index (χ4n) is 1.29. The molecule has 0 atom stereocenters. The number of carbonyl (C=O) groups is 1. The molecule has 0 aliphatic heterocycles. The van der Waals surface area contributed by atoms with Crippen LogP contribution in [0.2, 0.25) is 5.15 Å². The molecule has 0 spiro atoms. The normalized spacial score (nSPS) is 10.5. The Morgan fingerprint density at radius 2 is 2.22 bits per heavy atom. The third kappa shape index (κ3) is 5.29. The molecule has 18 heavy (non-hydrogen) atoms. The lowest BCUT2D eigenvalue weighted by Crippen LogP contribution is -2.35. The smallest absolute Gasteiger partial charge is 0.239 e. The van der Waals surface area contributed by atoms with Gasteiger partial charge in [-0.15, -0.1) is 0 Å². The number of rotatable bonds is 6. The quantitative estimate of drug-likeness (QED) is 0.762. The van der Waals surface area contributed by atoms with Crippen molar-refractivity contribution >= 4 is 23.3 Å². The molecular weight excluding hydrogens is 256 g/mol. The van der Waals surface area contributed by atoms with Gasteiger partial charge in [0.1, 0.15) is 17.6 Å². The molecule has 2 N–H and O–H groups in total. The summed E-state index contributed by atoms with van der Waals surface area (Å²) in [6.07, 6.45) is 0. The van der Waals surface area contributed by atoms with Crippen LogP contribution in [-0.4, -0.2) is 35.6 Å². The van der Waals surface area contributed by atoms with Crippen LogP contribution in [0.1, 0.15) is 19.7 Å². The van der Waals surface area contributed by atoms with Crippen LogP contribution in [0.25, 0.3) is 0 Å². The molecule has 0 aliphatic carbocycles. The number of hydrogen-bond acceptors (Lipinski definition) is 5. The Morgan fingerprint density at radius 1 is 1.50 bits per heavy atom. The molecule has 6 nitrogen and oxygen atoms in total. The monoisotopic (exact) mass is 272 g/mol. The Balaban J connectivity index is 2.58. The van der Waals surface area contributed by atoms with E-state index >= 15 is 0 Å². The van der Waals surface area contributed by atoms with Crippen molar-refractivity contribution in [2.75, 3.05) is 19.0 Å². The zero-order chi connectivity index (χ0) is 13.5. The van der Waals surface area contributed by atoms with E-state index in [0.29, 0.717) is 16.8 Å². The molecule has 1 heterocycles. The lowest BCUT2D eigenvalue weighted by molar-refractivity contribution is -0.119. The largest absolute Gasteiger partial charge is 0.377 e. The molecule has 0 bridgehead atoms. The first kappa shape index (κ1) is 14.7. The fourth-order valence-corrected chi connectivity index (χ4v) is 1.49. The highest BCUT2D eigenvalue weighted by Crippen LogP contribution is 2.11. The van der Waals surface area contributed by atoms with Gasteiger partial charge in [0.15, 0.2) is 5.82 Å². The summed E-state index contributed by atoms with van der Waals surface area (Å²) < 4.78 is 4.93. The van der Waals surface area contributed by atoms with Crippen molar-refractivity contribution in [2.24, 2.45) is 0 Å². The predicted molar refractivity (Wildman–Crippen MR) is 69.5 cm³/mol. The first-order valence-electron chi connectivity index (χ1n) is 5.57. The Morgan fingerprint density at radius 3 is 2.83 bits per heavy atom. The summed E-state index contributed by atoms with van der Waals surface area (Å²) in [6, 6.07) is 1.67. The Kier molecular flexibility index (Phi) is 5.80. The third-order valence-corrected chi connectivity index (χ3v) is 2.09. The van der Waals surface area contributed by atoms with Gasteiger partial charge >= 0.3 is 0 Å². The van der Waals surface area contributed by atoms with E-state index in [-0.39, 0.29) is 25.1 Å². The zero-order valence-corrected chi connectivity index (χ0v) is 11.4. The molecule has 1 amide bonds. The molecule has 7 heteroatoms. The summed E-state index contributed by atoms with van der Waals surface area (Å²) in [5, 5.41) is 5.96. The Hall–Kier alpha value is -1.40. The number of hydrogen-bond donors (Lipinski definition) is 2. The van der Waals surface area contributed by atoms with Crippen molar-refractivity contribution in [3.8, 4) is 0 Å². The van der Waals surface area contributed by atoms with Gasteiger partial charge in [0.2, 0.25) is 5.91 Å². The number of methoxy groups -OCH3 is 1. The summed E-state index contributed by atoms with van der Waals surface area (Å²) in [6.45, 7) is 4.21. The van der Waals surface area contributed by atoms with E-state index in [4.69, 9.17) is 16.3 Å². The molecule has 0 unspecified atom stereocenters. The van der Waals surface area contributed by atoms with Crippen molar-refractivity contribution in [1.29, 1.82) is 0 Å². The van der Waals surface area contributed by atoms with E-state index in [9.17, 15) is 4.79 Å². The van der Waals surface area contributed by atoms with Crippen LogP contribution in [-0.2, 0) is 16.1 Å². The van der Waals surface area contributed by atoms with E-state index in [1.165, 1.54) is 0 Å². The maximum absolute atomic E-state index is 11.4. The summed E-state index contributed by atoms with van der Waals surface area (Å²) in [7, 11) is 1.55. The summed E-state index contributed by atoms with van der Waals surface area (Å²) in [4.78, 5) is 19.6. The third-order valence-electron chi connectivity index (χ3n) is 1.89. The number of anilines is 1. The molecule has 100 valence electrons. The Labute approximate surface area is 111 Å². The van der Waals surface area contributed by atoms with Crippen molar-refractivity contribution in [3.05, 3.63) is 17.0 Å². The molecular formula is C11H17ClN4O2. The van der Waals surface area contributed by atoms with Crippen LogP contribution in [0.4, 0.5) is 5.82 Å². The van der Waals surface area contributed by atoms with Gasteiger partial charge in [-0.25, -0.2) is 9.97 Å². The molecule has 0 radical (unpaired) electrons. The number of carbonyl (C=O) groups excluding carboxylic acids is 1. The average molecular weight is 273 g/mol. The minimum atomic E-state index is -0.104. The summed E-state index contributed by atoms with van der Waals surface area (Å²) >= 11 is 5.84. The predicted octanol–water partition coefficient (Wildman–Crippen LogP) is 1.21. The maximum Gasteiger partial charge on any atom is 0.239 e. The lowest BCUT2D eigenvalue weighted by atomic mass is 10.4. The van der Waals surface area contributed by atoms with Crippen molar-refractivity contribution < 1.29 is 9.53 Å². The molecule has 0 aliphatic rings. The van der Waals surface area contributed by atoms with E-state index in [0.717, 1.165) is 0 Å². The van der Waals surface area contributed by atoms with Crippen LogP contribution in [0, 0.1) is 0 Å². The van der Waals surface area contributed by atoms with Crippen LogP contribution in [0.15, 0.2) is 6.07 Å². The van der Waals surface area contributed by atoms with Gasteiger partial charge in [-0.05, 0) is 13.8 Å². The molecule has 0 saturated carbocycles. The second-order valence-electron chi connectivity index (χ2n) is 4.00. The number of halogens is 1. The maximum atomic E-state index is 11.4. The summed E-state index contributed by atoms with van der Waals surface area (Å²) in [5.74, 6) is 0.866. The van der Waals surface area contributed by atoms with E-state index < -0.39 is 0 Å². The topological polar surface area (TPSA) is 76.1 Å². The number of aromatic nitrogens is 2. The molecule has 0 aromatic carbocycles. The first-order valence-corrected chi connectivity index (χ1v) is 5.94. The van der Waals surface area contributed by atoms with Gasteiger partial charge in [-0.1, -0.05) is 11.6 Å². The molecule has 1 aromatic rings. The highest BCUT2D eigenvalue weighted by Gasteiger charge is 2.06. The second-order valence-corrected chi connectivity index (χ2v) is 4.39. The average Bonchev–Trinajstić information content (AvgIpc) is 2.25. The van der Waals surface area contributed by atoms with Crippen LogP contribution in [0.5, 0.6) is 0 Å². The number of ether oxygens (including phenoxy) is 1. The molecule has 0 saturated heterocycles.